The number of nitrogens with zero attached hydrogens (tertiary/aromatic N) is 1. The number of aromatic carboxylic acids is 1. The van der Waals surface area contributed by atoms with Crippen molar-refractivity contribution >= 4 is 21.9 Å². The molecule has 100 valence electrons. The average molecular weight is 325 g/mol. The molecule has 0 radical (unpaired) electrons. The molecule has 0 aliphatic heterocycles. The van der Waals surface area contributed by atoms with E-state index in [1.54, 1.807) is 6.92 Å². The molecule has 0 atom stereocenters. The quantitative estimate of drug-likeness (QED) is 0.906. The van der Waals surface area contributed by atoms with E-state index in [1.165, 1.54) is 0 Å². The van der Waals surface area contributed by atoms with Gasteiger partial charge in [-0.25, -0.2) is 4.79 Å². The van der Waals surface area contributed by atoms with E-state index in [2.05, 4.69) is 26.1 Å². The fourth-order valence-corrected chi connectivity index (χ4v) is 2.26. The Morgan fingerprint density at radius 3 is 2.84 bits per heavy atom. The number of carboxylic acids is 1. The number of hydrogen-bond donors (Lipinski definition) is 2. The minimum absolute atomic E-state index is 0.119. The number of benzene rings is 1. The van der Waals surface area contributed by atoms with E-state index in [4.69, 9.17) is 9.84 Å². The Labute approximate surface area is 118 Å². The fraction of sp³-hybridized carbons (Fsp3) is 0.231. The van der Waals surface area contributed by atoms with Crippen molar-refractivity contribution in [3.63, 3.8) is 0 Å². The van der Waals surface area contributed by atoms with Crippen molar-refractivity contribution in [3.8, 4) is 5.75 Å². The predicted octanol–water partition coefficient (Wildman–Crippen LogP) is 3.07. The van der Waals surface area contributed by atoms with E-state index in [9.17, 15) is 4.79 Å². The van der Waals surface area contributed by atoms with E-state index in [0.717, 1.165) is 10.0 Å². The molecule has 19 heavy (non-hydrogen) atoms. The van der Waals surface area contributed by atoms with E-state index in [1.807, 2.05) is 25.1 Å². The van der Waals surface area contributed by atoms with Gasteiger partial charge in [-0.05, 0) is 37.6 Å². The van der Waals surface area contributed by atoms with Crippen molar-refractivity contribution in [2.75, 3.05) is 0 Å². The molecule has 0 aliphatic rings. The highest BCUT2D eigenvalue weighted by Crippen LogP contribution is 2.23. The van der Waals surface area contributed by atoms with Gasteiger partial charge in [0.05, 0.1) is 0 Å². The molecule has 0 spiro atoms. The molecule has 2 aromatic rings. The topological polar surface area (TPSA) is 75.2 Å². The van der Waals surface area contributed by atoms with Crippen molar-refractivity contribution in [2.24, 2.45) is 0 Å². The zero-order valence-corrected chi connectivity index (χ0v) is 12.1. The van der Waals surface area contributed by atoms with Crippen LogP contribution in [-0.4, -0.2) is 21.3 Å². The van der Waals surface area contributed by atoms with Gasteiger partial charge in [-0.1, -0.05) is 15.9 Å². The summed E-state index contributed by atoms with van der Waals surface area (Å²) >= 11 is 3.38. The maximum Gasteiger partial charge on any atom is 0.339 e. The largest absolute Gasteiger partial charge is 0.487 e. The minimum atomic E-state index is -1.00. The second kappa shape index (κ2) is 5.44. The molecule has 0 aliphatic carbocycles. The van der Waals surface area contributed by atoms with Gasteiger partial charge >= 0.3 is 5.97 Å². The number of aryl methyl sites for hydroxylation is 2. The van der Waals surface area contributed by atoms with E-state index < -0.39 is 5.97 Å². The summed E-state index contributed by atoms with van der Waals surface area (Å²) in [6.07, 6.45) is 0. The standard InChI is InChI=1S/C13H13BrN2O3/c1-7-5-9(14)3-4-11(7)19-6-10-12(13(17)18)8(2)15-16-10/h3-5H,6H2,1-2H3,(H,15,16)(H,17,18). The Morgan fingerprint density at radius 2 is 2.21 bits per heavy atom. The number of rotatable bonds is 4. The van der Waals surface area contributed by atoms with Crippen LogP contribution >= 0.6 is 15.9 Å². The number of ether oxygens (including phenoxy) is 1. The number of carbonyl (C=O) groups is 1. The highest BCUT2D eigenvalue weighted by molar-refractivity contribution is 9.10. The van der Waals surface area contributed by atoms with Gasteiger partial charge in [-0.3, -0.25) is 5.10 Å². The van der Waals surface area contributed by atoms with Crippen LogP contribution in [0.3, 0.4) is 0 Å². The van der Waals surface area contributed by atoms with E-state index in [-0.39, 0.29) is 12.2 Å². The van der Waals surface area contributed by atoms with Crippen LogP contribution in [0.25, 0.3) is 0 Å². The number of hydrogen-bond acceptors (Lipinski definition) is 3. The molecule has 5 nitrogen and oxygen atoms in total. The highest BCUT2D eigenvalue weighted by Gasteiger charge is 2.17. The van der Waals surface area contributed by atoms with Gasteiger partial charge < -0.3 is 9.84 Å². The lowest BCUT2D eigenvalue weighted by Gasteiger charge is -2.08. The third-order valence-corrected chi connectivity index (χ3v) is 3.23. The third kappa shape index (κ3) is 2.96. The van der Waals surface area contributed by atoms with E-state index in [0.29, 0.717) is 17.1 Å². The molecule has 0 saturated heterocycles. The lowest BCUT2D eigenvalue weighted by molar-refractivity contribution is 0.0693. The Bertz CT molecular complexity index is 622. The Kier molecular flexibility index (Phi) is 3.90. The van der Waals surface area contributed by atoms with Crippen LogP contribution in [0.4, 0.5) is 0 Å². The SMILES string of the molecule is Cc1cc(Br)ccc1OCc1n[nH]c(C)c1C(=O)O. The summed E-state index contributed by atoms with van der Waals surface area (Å²) < 4.78 is 6.59. The number of nitrogens with one attached hydrogen (secondary N) is 1. The number of aromatic nitrogens is 2. The van der Waals surface area contributed by atoms with E-state index >= 15 is 0 Å². The molecule has 1 aromatic carbocycles. The Balaban J connectivity index is 2.17. The molecular formula is C13H13BrN2O3. The second-order valence-corrected chi connectivity index (χ2v) is 5.09. The first-order valence-electron chi connectivity index (χ1n) is 5.65. The summed E-state index contributed by atoms with van der Waals surface area (Å²) in [6.45, 7) is 3.72. The Morgan fingerprint density at radius 1 is 1.47 bits per heavy atom. The fourth-order valence-electron chi connectivity index (χ4n) is 1.79. The van der Waals surface area contributed by atoms with Crippen LogP contribution in [-0.2, 0) is 6.61 Å². The number of carboxylic acid groups (broad SMARTS) is 1. The molecule has 2 N–H and O–H groups in total. The smallest absolute Gasteiger partial charge is 0.339 e. The van der Waals surface area contributed by atoms with Gasteiger partial charge in [0, 0.05) is 10.2 Å². The average Bonchev–Trinajstić information content (AvgIpc) is 2.69. The molecule has 1 aromatic heterocycles. The predicted molar refractivity (Wildman–Crippen MR) is 73.5 cm³/mol. The summed E-state index contributed by atoms with van der Waals surface area (Å²) in [7, 11) is 0. The van der Waals surface area contributed by atoms with Gasteiger partial charge in [0.25, 0.3) is 0 Å². The maximum atomic E-state index is 11.1. The lowest BCUT2D eigenvalue weighted by atomic mass is 10.2. The molecular weight excluding hydrogens is 312 g/mol. The zero-order valence-electron chi connectivity index (χ0n) is 10.5. The van der Waals surface area contributed by atoms with Crippen LogP contribution in [0, 0.1) is 13.8 Å². The van der Waals surface area contributed by atoms with Crippen molar-refractivity contribution < 1.29 is 14.6 Å². The zero-order chi connectivity index (χ0) is 14.0. The maximum absolute atomic E-state index is 11.1. The number of aromatic amines is 1. The first kappa shape index (κ1) is 13.6. The van der Waals surface area contributed by atoms with Gasteiger partial charge in [-0.2, -0.15) is 5.10 Å². The first-order chi connectivity index (χ1) is 8.99. The lowest BCUT2D eigenvalue weighted by Crippen LogP contribution is -2.05. The summed E-state index contributed by atoms with van der Waals surface area (Å²) in [5.41, 5.74) is 2.07. The molecule has 0 unspecified atom stereocenters. The van der Waals surface area contributed by atoms with Crippen LogP contribution < -0.4 is 4.74 Å². The number of halogens is 1. The minimum Gasteiger partial charge on any atom is -0.487 e. The van der Waals surface area contributed by atoms with Gasteiger partial charge in [0.15, 0.2) is 0 Å². The molecule has 0 saturated carbocycles. The van der Waals surface area contributed by atoms with Crippen molar-refractivity contribution in [3.05, 3.63) is 45.2 Å². The molecule has 6 heteroatoms. The van der Waals surface area contributed by atoms with Crippen LogP contribution in [0.2, 0.25) is 0 Å². The Hall–Kier alpha value is -1.82. The summed E-state index contributed by atoms with van der Waals surface area (Å²) in [5, 5.41) is 15.7. The van der Waals surface area contributed by atoms with Crippen LogP contribution in [0.15, 0.2) is 22.7 Å². The second-order valence-electron chi connectivity index (χ2n) is 4.17. The normalized spacial score (nSPS) is 10.5. The van der Waals surface area contributed by atoms with Gasteiger partial charge in [0.1, 0.15) is 23.6 Å². The summed E-state index contributed by atoms with van der Waals surface area (Å²) in [5.74, 6) is -0.294. The van der Waals surface area contributed by atoms with Crippen LogP contribution in [0.5, 0.6) is 5.75 Å². The number of H-pyrrole nitrogens is 1. The molecule has 0 fully saturated rings. The third-order valence-electron chi connectivity index (χ3n) is 2.74. The monoisotopic (exact) mass is 324 g/mol. The van der Waals surface area contributed by atoms with Crippen molar-refractivity contribution in [1.82, 2.24) is 10.2 Å². The summed E-state index contributed by atoms with van der Waals surface area (Å²) in [4.78, 5) is 11.1. The van der Waals surface area contributed by atoms with Crippen molar-refractivity contribution in [2.45, 2.75) is 20.5 Å². The molecule has 1 heterocycles. The molecule has 0 bridgehead atoms. The van der Waals surface area contributed by atoms with Crippen molar-refractivity contribution in [1.29, 1.82) is 0 Å². The van der Waals surface area contributed by atoms with Gasteiger partial charge in [0.2, 0.25) is 0 Å². The summed E-state index contributed by atoms with van der Waals surface area (Å²) in [6, 6.07) is 5.64. The molecule has 2 rings (SSSR count). The molecule has 0 amide bonds. The van der Waals surface area contributed by atoms with Gasteiger partial charge in [-0.15, -0.1) is 0 Å². The highest BCUT2D eigenvalue weighted by atomic mass is 79.9. The first-order valence-corrected chi connectivity index (χ1v) is 6.44. The van der Waals surface area contributed by atoms with Crippen LogP contribution in [0.1, 0.15) is 27.3 Å².